The van der Waals surface area contributed by atoms with Crippen molar-refractivity contribution in [2.45, 2.75) is 6.92 Å². The Morgan fingerprint density at radius 3 is 3.00 bits per heavy atom. The number of aromatic amines is 1. The van der Waals surface area contributed by atoms with Crippen molar-refractivity contribution in [1.82, 2.24) is 10.2 Å². The van der Waals surface area contributed by atoms with E-state index in [1.54, 1.807) is 0 Å². The van der Waals surface area contributed by atoms with Gasteiger partial charge in [0.15, 0.2) is 11.5 Å². The van der Waals surface area contributed by atoms with Gasteiger partial charge >= 0.3 is 0 Å². The first-order valence-electron chi connectivity index (χ1n) is 3.96. The predicted molar refractivity (Wildman–Crippen MR) is 52.8 cm³/mol. The quantitative estimate of drug-likeness (QED) is 0.709. The standard InChI is InChI=1S/C9H7ClN2O2/c1-4(13)5-2-7(10)6-3-11-12-8(6)9(5)14/h2-3,14H,1H3,(H,11,12). The topological polar surface area (TPSA) is 66.0 Å². The van der Waals surface area contributed by atoms with Crippen LogP contribution in [0.2, 0.25) is 5.02 Å². The molecule has 2 rings (SSSR count). The van der Waals surface area contributed by atoms with Crippen LogP contribution in [0.15, 0.2) is 12.3 Å². The van der Waals surface area contributed by atoms with Crippen molar-refractivity contribution >= 4 is 28.3 Å². The number of hydrogen-bond donors (Lipinski definition) is 2. The summed E-state index contributed by atoms with van der Waals surface area (Å²) in [5.41, 5.74) is 0.592. The van der Waals surface area contributed by atoms with Crippen molar-refractivity contribution in [2.75, 3.05) is 0 Å². The van der Waals surface area contributed by atoms with E-state index in [1.165, 1.54) is 19.2 Å². The second-order valence-corrected chi connectivity index (χ2v) is 3.38. The van der Waals surface area contributed by atoms with E-state index in [0.717, 1.165) is 0 Å². The monoisotopic (exact) mass is 210 g/mol. The van der Waals surface area contributed by atoms with E-state index in [2.05, 4.69) is 10.2 Å². The molecule has 1 heterocycles. The molecule has 0 aliphatic carbocycles. The maximum atomic E-state index is 11.1. The van der Waals surface area contributed by atoms with E-state index in [0.29, 0.717) is 15.9 Å². The number of halogens is 1. The fraction of sp³-hybridized carbons (Fsp3) is 0.111. The number of aromatic hydroxyl groups is 1. The summed E-state index contributed by atoms with van der Waals surface area (Å²) in [6, 6.07) is 1.44. The zero-order chi connectivity index (χ0) is 10.3. The van der Waals surface area contributed by atoms with Crippen LogP contribution in [0, 0.1) is 0 Å². The number of carbonyl (C=O) groups is 1. The van der Waals surface area contributed by atoms with E-state index in [1.807, 2.05) is 0 Å². The number of nitrogens with one attached hydrogen (secondary N) is 1. The molecular formula is C9H7ClN2O2. The van der Waals surface area contributed by atoms with Crippen LogP contribution in [-0.4, -0.2) is 21.1 Å². The number of aromatic nitrogens is 2. The fourth-order valence-electron chi connectivity index (χ4n) is 1.32. The van der Waals surface area contributed by atoms with Gasteiger partial charge < -0.3 is 5.11 Å². The van der Waals surface area contributed by atoms with E-state index >= 15 is 0 Å². The van der Waals surface area contributed by atoms with Crippen LogP contribution in [-0.2, 0) is 0 Å². The number of rotatable bonds is 1. The highest BCUT2D eigenvalue weighted by atomic mass is 35.5. The molecule has 2 aromatic rings. The third-order valence-corrected chi connectivity index (χ3v) is 2.35. The third-order valence-electron chi connectivity index (χ3n) is 2.04. The average molecular weight is 211 g/mol. The molecule has 0 aliphatic rings. The zero-order valence-corrected chi connectivity index (χ0v) is 8.09. The van der Waals surface area contributed by atoms with Crippen molar-refractivity contribution in [2.24, 2.45) is 0 Å². The number of phenols is 1. The lowest BCUT2D eigenvalue weighted by Crippen LogP contribution is -1.93. The number of benzene rings is 1. The minimum absolute atomic E-state index is 0.102. The molecular weight excluding hydrogens is 204 g/mol. The van der Waals surface area contributed by atoms with Gasteiger partial charge in [0.05, 0.1) is 16.8 Å². The Kier molecular flexibility index (Phi) is 1.93. The normalized spacial score (nSPS) is 10.7. The molecule has 0 aliphatic heterocycles. The summed E-state index contributed by atoms with van der Waals surface area (Å²) < 4.78 is 0. The number of fused-ring (bicyclic) bond motifs is 1. The highest BCUT2D eigenvalue weighted by molar-refractivity contribution is 6.36. The molecule has 14 heavy (non-hydrogen) atoms. The number of carbonyl (C=O) groups excluding carboxylic acids is 1. The minimum atomic E-state index is -0.235. The highest BCUT2D eigenvalue weighted by Crippen LogP contribution is 2.32. The number of H-pyrrole nitrogens is 1. The SMILES string of the molecule is CC(=O)c1cc(Cl)c2cn[nH]c2c1O. The maximum absolute atomic E-state index is 11.1. The molecule has 0 saturated heterocycles. The molecule has 1 aromatic carbocycles. The summed E-state index contributed by atoms with van der Waals surface area (Å²) in [6.45, 7) is 1.37. The van der Waals surface area contributed by atoms with Gasteiger partial charge in [-0.05, 0) is 13.0 Å². The van der Waals surface area contributed by atoms with Crippen LogP contribution in [0.3, 0.4) is 0 Å². The Labute approximate surface area is 84.5 Å². The Bertz CT molecular complexity index is 519. The fourth-order valence-corrected chi connectivity index (χ4v) is 1.58. The zero-order valence-electron chi connectivity index (χ0n) is 7.34. The molecule has 0 saturated carbocycles. The molecule has 0 atom stereocenters. The first-order valence-corrected chi connectivity index (χ1v) is 4.34. The second-order valence-electron chi connectivity index (χ2n) is 2.97. The number of Topliss-reactive ketones (excluding diaryl/α,β-unsaturated/α-hetero) is 1. The molecule has 72 valence electrons. The van der Waals surface area contributed by atoms with Gasteiger partial charge in [-0.25, -0.2) is 0 Å². The lowest BCUT2D eigenvalue weighted by molar-refractivity contribution is 0.101. The predicted octanol–water partition coefficient (Wildman–Crippen LogP) is 2.12. The van der Waals surface area contributed by atoms with Gasteiger partial charge in [0.2, 0.25) is 0 Å². The molecule has 0 spiro atoms. The lowest BCUT2D eigenvalue weighted by Gasteiger charge is -2.02. The van der Waals surface area contributed by atoms with Crippen LogP contribution in [0.1, 0.15) is 17.3 Å². The Morgan fingerprint density at radius 2 is 2.36 bits per heavy atom. The summed E-state index contributed by atoms with van der Waals surface area (Å²) in [5, 5.41) is 17.0. The van der Waals surface area contributed by atoms with Crippen molar-refractivity contribution < 1.29 is 9.90 Å². The first kappa shape index (κ1) is 9.02. The van der Waals surface area contributed by atoms with Crippen molar-refractivity contribution in [1.29, 1.82) is 0 Å². The lowest BCUT2D eigenvalue weighted by atomic mass is 10.1. The van der Waals surface area contributed by atoms with Gasteiger partial charge in [0.25, 0.3) is 0 Å². The van der Waals surface area contributed by atoms with Crippen molar-refractivity contribution in [3.8, 4) is 5.75 Å². The van der Waals surface area contributed by atoms with Crippen LogP contribution < -0.4 is 0 Å². The van der Waals surface area contributed by atoms with Gasteiger partial charge in [-0.2, -0.15) is 5.10 Å². The third kappa shape index (κ3) is 1.15. The molecule has 0 amide bonds. The summed E-state index contributed by atoms with van der Waals surface area (Å²) in [5.74, 6) is -0.338. The Balaban J connectivity index is 2.88. The van der Waals surface area contributed by atoms with Gasteiger partial charge in [-0.1, -0.05) is 11.6 Å². The molecule has 0 radical (unpaired) electrons. The average Bonchev–Trinajstić information content (AvgIpc) is 2.59. The van der Waals surface area contributed by atoms with E-state index in [9.17, 15) is 9.90 Å². The molecule has 1 aromatic heterocycles. The molecule has 4 nitrogen and oxygen atoms in total. The van der Waals surface area contributed by atoms with Crippen LogP contribution in [0.5, 0.6) is 5.75 Å². The second kappa shape index (κ2) is 2.99. The molecule has 0 unspecified atom stereocenters. The molecule has 0 fully saturated rings. The van der Waals surface area contributed by atoms with E-state index < -0.39 is 0 Å². The maximum Gasteiger partial charge on any atom is 0.163 e. The molecule has 0 bridgehead atoms. The summed E-state index contributed by atoms with van der Waals surface area (Å²) >= 11 is 5.90. The smallest absolute Gasteiger partial charge is 0.163 e. The first-order chi connectivity index (χ1) is 6.61. The van der Waals surface area contributed by atoms with Crippen LogP contribution in [0.4, 0.5) is 0 Å². The van der Waals surface area contributed by atoms with Gasteiger partial charge in [-0.3, -0.25) is 9.89 Å². The number of nitrogens with zero attached hydrogens (tertiary/aromatic N) is 1. The van der Waals surface area contributed by atoms with Crippen molar-refractivity contribution in [3.05, 3.63) is 22.8 Å². The summed E-state index contributed by atoms with van der Waals surface area (Å²) in [4.78, 5) is 11.1. The Morgan fingerprint density at radius 1 is 1.64 bits per heavy atom. The number of ketones is 1. The van der Waals surface area contributed by atoms with Crippen LogP contribution >= 0.6 is 11.6 Å². The highest BCUT2D eigenvalue weighted by Gasteiger charge is 2.14. The molecule has 5 heteroatoms. The van der Waals surface area contributed by atoms with Gasteiger partial charge in [-0.15, -0.1) is 0 Å². The summed E-state index contributed by atoms with van der Waals surface area (Å²) in [6.07, 6.45) is 1.50. The number of phenolic OH excluding ortho intramolecular Hbond substituents is 1. The van der Waals surface area contributed by atoms with Crippen molar-refractivity contribution in [3.63, 3.8) is 0 Å². The van der Waals surface area contributed by atoms with Crippen LogP contribution in [0.25, 0.3) is 10.9 Å². The van der Waals surface area contributed by atoms with E-state index in [-0.39, 0.29) is 17.1 Å². The number of hydrogen-bond acceptors (Lipinski definition) is 3. The minimum Gasteiger partial charge on any atom is -0.505 e. The molecule has 2 N–H and O–H groups in total. The summed E-state index contributed by atoms with van der Waals surface area (Å²) in [7, 11) is 0. The Hall–Kier alpha value is -1.55. The van der Waals surface area contributed by atoms with Gasteiger partial charge in [0, 0.05) is 5.39 Å². The largest absolute Gasteiger partial charge is 0.505 e. The van der Waals surface area contributed by atoms with Gasteiger partial charge in [0.1, 0.15) is 5.52 Å². The van der Waals surface area contributed by atoms with E-state index in [4.69, 9.17) is 11.6 Å².